The molecule has 84 valence electrons. The number of hydrogen-bond donors (Lipinski definition) is 0. The van der Waals surface area contributed by atoms with E-state index in [4.69, 9.17) is 0 Å². The molecule has 0 bridgehead atoms. The molecule has 6 nitrogen and oxygen atoms in total. The third-order valence-electron chi connectivity index (χ3n) is 2.23. The van der Waals surface area contributed by atoms with Crippen molar-refractivity contribution in [2.24, 2.45) is 0 Å². The highest BCUT2D eigenvalue weighted by Gasteiger charge is 2.05. The zero-order valence-electron chi connectivity index (χ0n) is 9.08. The molecular formula is C10H13N5O. The second-order valence-corrected chi connectivity index (χ2v) is 3.49. The molecule has 0 fully saturated rings. The minimum atomic E-state index is 0.432. The van der Waals surface area contributed by atoms with E-state index in [1.807, 2.05) is 9.25 Å². The van der Waals surface area contributed by atoms with Crippen LogP contribution in [0, 0.1) is 0 Å². The van der Waals surface area contributed by atoms with Crippen molar-refractivity contribution in [3.63, 3.8) is 0 Å². The topological polar surface area (TPSA) is 65.6 Å². The van der Waals surface area contributed by atoms with Crippen LogP contribution in [0.15, 0.2) is 18.9 Å². The van der Waals surface area contributed by atoms with Gasteiger partial charge in [-0.15, -0.1) is 0 Å². The van der Waals surface area contributed by atoms with Crippen molar-refractivity contribution in [2.75, 3.05) is 0 Å². The van der Waals surface area contributed by atoms with E-state index in [0.29, 0.717) is 12.2 Å². The van der Waals surface area contributed by atoms with Crippen LogP contribution in [0.4, 0.5) is 0 Å². The van der Waals surface area contributed by atoms with E-state index in [-0.39, 0.29) is 0 Å². The van der Waals surface area contributed by atoms with E-state index >= 15 is 0 Å². The van der Waals surface area contributed by atoms with Gasteiger partial charge in [0.1, 0.15) is 17.8 Å². The summed E-state index contributed by atoms with van der Waals surface area (Å²) in [4.78, 5) is 18.6. The van der Waals surface area contributed by atoms with Crippen molar-refractivity contribution in [1.29, 1.82) is 0 Å². The average molecular weight is 219 g/mol. The van der Waals surface area contributed by atoms with Crippen LogP contribution in [0.5, 0.6) is 0 Å². The van der Waals surface area contributed by atoms with Gasteiger partial charge in [0.25, 0.3) is 0 Å². The third kappa shape index (κ3) is 2.16. The molecule has 0 amide bonds. The monoisotopic (exact) mass is 219 g/mol. The minimum Gasteiger partial charge on any atom is -0.329 e. The number of carbonyl (C=O) groups is 1. The molecule has 0 aliphatic carbocycles. The maximum Gasteiger partial charge on any atom is 0.169 e. The SMILES string of the molecule is CCCn1ncnc1Cn1cnc(C=O)c1. The number of aromatic nitrogens is 5. The quantitative estimate of drug-likeness (QED) is 0.696. The molecule has 6 heteroatoms. The van der Waals surface area contributed by atoms with Gasteiger partial charge in [-0.2, -0.15) is 5.10 Å². The summed E-state index contributed by atoms with van der Waals surface area (Å²) >= 11 is 0. The molecule has 0 unspecified atom stereocenters. The predicted molar refractivity (Wildman–Crippen MR) is 57.0 cm³/mol. The predicted octanol–water partition coefficient (Wildman–Crippen LogP) is 0.745. The van der Waals surface area contributed by atoms with Crippen LogP contribution < -0.4 is 0 Å². The van der Waals surface area contributed by atoms with Gasteiger partial charge < -0.3 is 4.57 Å². The van der Waals surface area contributed by atoms with Gasteiger partial charge in [0.2, 0.25) is 0 Å². The largest absolute Gasteiger partial charge is 0.329 e. The van der Waals surface area contributed by atoms with Gasteiger partial charge in [-0.3, -0.25) is 4.79 Å². The van der Waals surface area contributed by atoms with Crippen molar-refractivity contribution < 1.29 is 4.79 Å². The molecule has 0 N–H and O–H groups in total. The standard InChI is InChI=1S/C10H13N5O/c1-2-3-15-10(11-7-13-15)5-14-4-9(6-16)12-8-14/h4,6-8H,2-3,5H2,1H3. The molecule has 0 saturated carbocycles. The van der Waals surface area contributed by atoms with Crippen molar-refractivity contribution >= 4 is 6.29 Å². The Balaban J connectivity index is 2.13. The molecule has 0 aromatic carbocycles. The second kappa shape index (κ2) is 4.69. The lowest BCUT2D eigenvalue weighted by molar-refractivity contribution is 0.111. The first-order valence-corrected chi connectivity index (χ1v) is 5.17. The molecule has 2 rings (SSSR count). The molecule has 0 aliphatic heterocycles. The molecule has 2 aromatic rings. The number of rotatable bonds is 5. The molecule has 16 heavy (non-hydrogen) atoms. The van der Waals surface area contributed by atoms with Crippen LogP contribution in [0.2, 0.25) is 0 Å². The Labute approximate surface area is 92.9 Å². The number of hydrogen-bond acceptors (Lipinski definition) is 4. The molecule has 2 heterocycles. The van der Waals surface area contributed by atoms with Crippen LogP contribution >= 0.6 is 0 Å². The fourth-order valence-corrected chi connectivity index (χ4v) is 1.50. The van der Waals surface area contributed by atoms with Crippen molar-refractivity contribution in [3.8, 4) is 0 Å². The smallest absolute Gasteiger partial charge is 0.169 e. The van der Waals surface area contributed by atoms with E-state index in [1.54, 1.807) is 18.9 Å². The maximum atomic E-state index is 10.5. The van der Waals surface area contributed by atoms with E-state index < -0.39 is 0 Å². The first kappa shape index (κ1) is 10.5. The summed E-state index contributed by atoms with van der Waals surface area (Å²) in [7, 11) is 0. The maximum absolute atomic E-state index is 10.5. The Kier molecular flexibility index (Phi) is 3.09. The van der Waals surface area contributed by atoms with Crippen molar-refractivity contribution in [3.05, 3.63) is 30.4 Å². The van der Waals surface area contributed by atoms with E-state index in [2.05, 4.69) is 22.0 Å². The average Bonchev–Trinajstić information content (AvgIpc) is 2.90. The second-order valence-electron chi connectivity index (χ2n) is 3.49. The first-order valence-electron chi connectivity index (χ1n) is 5.17. The Bertz CT molecular complexity index is 473. The molecule has 0 radical (unpaired) electrons. The lowest BCUT2D eigenvalue weighted by atomic mass is 10.4. The number of carbonyl (C=O) groups excluding carboxylic acids is 1. The van der Waals surface area contributed by atoms with Crippen LogP contribution in [-0.4, -0.2) is 30.6 Å². The lowest BCUT2D eigenvalue weighted by Crippen LogP contribution is -2.09. The lowest BCUT2D eigenvalue weighted by Gasteiger charge is -2.04. The molecule has 0 aliphatic rings. The fraction of sp³-hybridized carbons (Fsp3) is 0.400. The number of imidazole rings is 1. The molecule has 0 saturated heterocycles. The van der Waals surface area contributed by atoms with Gasteiger partial charge in [-0.25, -0.2) is 14.6 Å². The van der Waals surface area contributed by atoms with E-state index in [0.717, 1.165) is 25.1 Å². The number of aldehydes is 1. The highest BCUT2D eigenvalue weighted by molar-refractivity contribution is 5.70. The van der Waals surface area contributed by atoms with Gasteiger partial charge in [-0.05, 0) is 6.42 Å². The zero-order chi connectivity index (χ0) is 11.4. The van der Waals surface area contributed by atoms with E-state index in [9.17, 15) is 4.79 Å². The number of nitrogens with zero attached hydrogens (tertiary/aromatic N) is 5. The van der Waals surface area contributed by atoms with Crippen LogP contribution in [0.3, 0.4) is 0 Å². The Morgan fingerprint density at radius 2 is 2.31 bits per heavy atom. The first-order chi connectivity index (χ1) is 7.83. The van der Waals surface area contributed by atoms with Gasteiger partial charge in [0, 0.05) is 12.7 Å². The van der Waals surface area contributed by atoms with Crippen LogP contribution in [-0.2, 0) is 13.1 Å². The third-order valence-corrected chi connectivity index (χ3v) is 2.23. The molecular weight excluding hydrogens is 206 g/mol. The summed E-state index contributed by atoms with van der Waals surface area (Å²) in [5.41, 5.74) is 0.432. The highest BCUT2D eigenvalue weighted by Crippen LogP contribution is 2.01. The van der Waals surface area contributed by atoms with Gasteiger partial charge in [0.15, 0.2) is 6.29 Å². The van der Waals surface area contributed by atoms with Crippen LogP contribution in [0.1, 0.15) is 29.7 Å². The van der Waals surface area contributed by atoms with Gasteiger partial charge >= 0.3 is 0 Å². The fourth-order valence-electron chi connectivity index (χ4n) is 1.50. The molecule has 2 aromatic heterocycles. The number of aryl methyl sites for hydroxylation is 1. The summed E-state index contributed by atoms with van der Waals surface area (Å²) in [5.74, 6) is 0.872. The van der Waals surface area contributed by atoms with E-state index in [1.165, 1.54) is 0 Å². The normalized spacial score (nSPS) is 10.6. The van der Waals surface area contributed by atoms with Gasteiger partial charge in [-0.1, -0.05) is 6.92 Å². The zero-order valence-corrected chi connectivity index (χ0v) is 9.08. The van der Waals surface area contributed by atoms with Crippen LogP contribution in [0.25, 0.3) is 0 Å². The van der Waals surface area contributed by atoms with Crippen molar-refractivity contribution in [1.82, 2.24) is 24.3 Å². The minimum absolute atomic E-state index is 0.432. The summed E-state index contributed by atoms with van der Waals surface area (Å²) in [6.07, 6.45) is 6.60. The van der Waals surface area contributed by atoms with Crippen molar-refractivity contribution in [2.45, 2.75) is 26.4 Å². The molecule has 0 spiro atoms. The Morgan fingerprint density at radius 1 is 1.44 bits per heavy atom. The van der Waals surface area contributed by atoms with Gasteiger partial charge in [0.05, 0.1) is 12.9 Å². The summed E-state index contributed by atoms with van der Waals surface area (Å²) in [6, 6.07) is 0. The Hall–Kier alpha value is -1.98. The summed E-state index contributed by atoms with van der Waals surface area (Å²) in [5, 5.41) is 4.13. The summed E-state index contributed by atoms with van der Waals surface area (Å²) in [6.45, 7) is 3.53. The highest BCUT2D eigenvalue weighted by atomic mass is 16.1. The Morgan fingerprint density at radius 3 is 3.00 bits per heavy atom. The summed E-state index contributed by atoms with van der Waals surface area (Å²) < 4.78 is 3.68. The molecule has 0 atom stereocenters.